The molecule has 1 saturated carbocycles. The Hall–Kier alpha value is -0.980. The molecule has 0 amide bonds. The highest BCUT2D eigenvalue weighted by molar-refractivity contribution is 5.54. The molecular weight excluding hydrogens is 182 g/mol. The molecule has 15 heavy (non-hydrogen) atoms. The lowest BCUT2D eigenvalue weighted by Crippen LogP contribution is -2.14. The summed E-state index contributed by atoms with van der Waals surface area (Å²) >= 11 is 0. The fourth-order valence-corrected chi connectivity index (χ4v) is 2.65. The first-order valence-corrected chi connectivity index (χ1v) is 6.05. The van der Waals surface area contributed by atoms with Crippen LogP contribution in [-0.2, 0) is 0 Å². The minimum atomic E-state index is 0.803. The monoisotopic (exact) mass is 203 g/mol. The molecule has 1 nitrogen and oxygen atoms in total. The van der Waals surface area contributed by atoms with E-state index in [2.05, 4.69) is 43.3 Å². The maximum absolute atomic E-state index is 2.31. The van der Waals surface area contributed by atoms with E-state index in [1.807, 2.05) is 0 Å². The lowest BCUT2D eigenvalue weighted by atomic mass is 9.83. The third kappa shape index (κ3) is 2.34. The number of nitrogens with zero attached hydrogens (tertiary/aromatic N) is 1. The molecule has 0 saturated heterocycles. The molecule has 0 heterocycles. The van der Waals surface area contributed by atoms with Crippen LogP contribution in [0.3, 0.4) is 0 Å². The van der Waals surface area contributed by atoms with Crippen molar-refractivity contribution in [3.63, 3.8) is 0 Å². The minimum absolute atomic E-state index is 0.803. The van der Waals surface area contributed by atoms with Gasteiger partial charge in [-0.05, 0) is 30.4 Å². The Bertz CT molecular complexity index is 311. The van der Waals surface area contributed by atoms with Crippen molar-refractivity contribution in [1.29, 1.82) is 0 Å². The standard InChI is InChI=1S/C14H21N/c1-15(2)14-11-7-6-10-13(14)12-8-4-3-5-9-12/h6-7,10-12H,3-5,8-9H2,1-2H3. The third-order valence-corrected chi connectivity index (χ3v) is 3.46. The zero-order valence-electron chi connectivity index (χ0n) is 9.87. The molecule has 82 valence electrons. The molecular formula is C14H21N. The third-order valence-electron chi connectivity index (χ3n) is 3.46. The second-order valence-corrected chi connectivity index (χ2v) is 4.79. The Morgan fingerprint density at radius 3 is 2.33 bits per heavy atom. The maximum Gasteiger partial charge on any atom is 0.0396 e. The van der Waals surface area contributed by atoms with Gasteiger partial charge in [-0.25, -0.2) is 0 Å². The normalized spacial score (nSPS) is 17.7. The van der Waals surface area contributed by atoms with Gasteiger partial charge in [0.05, 0.1) is 0 Å². The summed E-state index contributed by atoms with van der Waals surface area (Å²) in [6.07, 6.45) is 7.01. The van der Waals surface area contributed by atoms with Crippen LogP contribution >= 0.6 is 0 Å². The molecule has 1 aromatic carbocycles. The van der Waals surface area contributed by atoms with Gasteiger partial charge in [0, 0.05) is 19.8 Å². The molecule has 0 N–H and O–H groups in total. The highest BCUT2D eigenvalue weighted by Crippen LogP contribution is 2.36. The van der Waals surface area contributed by atoms with Crippen LogP contribution in [0.25, 0.3) is 0 Å². The van der Waals surface area contributed by atoms with Crippen molar-refractivity contribution in [2.45, 2.75) is 38.0 Å². The van der Waals surface area contributed by atoms with Gasteiger partial charge in [-0.2, -0.15) is 0 Å². The van der Waals surface area contributed by atoms with Crippen molar-refractivity contribution in [2.75, 3.05) is 19.0 Å². The van der Waals surface area contributed by atoms with Crippen LogP contribution in [-0.4, -0.2) is 14.1 Å². The van der Waals surface area contributed by atoms with Gasteiger partial charge in [0.1, 0.15) is 0 Å². The van der Waals surface area contributed by atoms with Gasteiger partial charge in [0.15, 0.2) is 0 Å². The van der Waals surface area contributed by atoms with Crippen LogP contribution in [0.5, 0.6) is 0 Å². The second kappa shape index (κ2) is 4.69. The number of anilines is 1. The first-order valence-electron chi connectivity index (χ1n) is 6.05. The average Bonchev–Trinajstić information content (AvgIpc) is 2.30. The second-order valence-electron chi connectivity index (χ2n) is 4.79. The van der Waals surface area contributed by atoms with Gasteiger partial charge in [-0.3, -0.25) is 0 Å². The van der Waals surface area contributed by atoms with Crippen LogP contribution in [0.2, 0.25) is 0 Å². The summed E-state index contributed by atoms with van der Waals surface area (Å²) in [5.74, 6) is 0.803. The summed E-state index contributed by atoms with van der Waals surface area (Å²) in [5, 5.41) is 0. The Balaban J connectivity index is 2.25. The minimum Gasteiger partial charge on any atom is -0.377 e. The zero-order valence-corrected chi connectivity index (χ0v) is 9.87. The van der Waals surface area contributed by atoms with E-state index < -0.39 is 0 Å². The van der Waals surface area contributed by atoms with Gasteiger partial charge in [-0.15, -0.1) is 0 Å². The lowest BCUT2D eigenvalue weighted by molar-refractivity contribution is 0.444. The first kappa shape index (κ1) is 10.5. The molecule has 0 aromatic heterocycles. The number of benzene rings is 1. The number of para-hydroxylation sites is 1. The van der Waals surface area contributed by atoms with E-state index in [9.17, 15) is 0 Å². The van der Waals surface area contributed by atoms with E-state index in [0.717, 1.165) is 5.92 Å². The van der Waals surface area contributed by atoms with Gasteiger partial charge in [-0.1, -0.05) is 37.5 Å². The Morgan fingerprint density at radius 2 is 1.67 bits per heavy atom. The summed E-state index contributed by atoms with van der Waals surface area (Å²) in [6.45, 7) is 0. The van der Waals surface area contributed by atoms with Crippen molar-refractivity contribution in [2.24, 2.45) is 0 Å². The molecule has 1 aliphatic rings. The SMILES string of the molecule is CN(C)c1ccccc1C1CCCCC1. The number of hydrogen-bond acceptors (Lipinski definition) is 1. The van der Waals surface area contributed by atoms with Gasteiger partial charge in [0.2, 0.25) is 0 Å². The van der Waals surface area contributed by atoms with Crippen LogP contribution in [0.4, 0.5) is 5.69 Å². The van der Waals surface area contributed by atoms with Crippen molar-refractivity contribution in [1.82, 2.24) is 0 Å². The molecule has 0 aliphatic heterocycles. The Morgan fingerprint density at radius 1 is 1.00 bits per heavy atom. The summed E-state index contributed by atoms with van der Waals surface area (Å²) in [4.78, 5) is 2.24. The van der Waals surface area contributed by atoms with Gasteiger partial charge >= 0.3 is 0 Å². The van der Waals surface area contributed by atoms with E-state index in [1.54, 1.807) is 5.56 Å². The summed E-state index contributed by atoms with van der Waals surface area (Å²) in [6, 6.07) is 8.87. The molecule has 1 heteroatoms. The number of rotatable bonds is 2. The fraction of sp³-hybridized carbons (Fsp3) is 0.571. The Kier molecular flexibility index (Phi) is 3.30. The van der Waals surface area contributed by atoms with E-state index >= 15 is 0 Å². The largest absolute Gasteiger partial charge is 0.377 e. The van der Waals surface area contributed by atoms with Crippen LogP contribution in [0.1, 0.15) is 43.6 Å². The predicted molar refractivity (Wildman–Crippen MR) is 66.6 cm³/mol. The quantitative estimate of drug-likeness (QED) is 0.706. The summed E-state index contributed by atoms with van der Waals surface area (Å²) < 4.78 is 0. The fourth-order valence-electron chi connectivity index (χ4n) is 2.65. The lowest BCUT2D eigenvalue weighted by Gasteiger charge is -2.26. The molecule has 0 radical (unpaired) electrons. The van der Waals surface area contributed by atoms with Crippen molar-refractivity contribution >= 4 is 5.69 Å². The molecule has 2 rings (SSSR count). The van der Waals surface area contributed by atoms with Crippen LogP contribution in [0, 0.1) is 0 Å². The topological polar surface area (TPSA) is 3.24 Å². The molecule has 1 aliphatic carbocycles. The number of hydrogen-bond donors (Lipinski definition) is 0. The molecule has 0 spiro atoms. The van der Waals surface area contributed by atoms with Gasteiger partial charge < -0.3 is 4.90 Å². The van der Waals surface area contributed by atoms with Crippen molar-refractivity contribution < 1.29 is 0 Å². The van der Waals surface area contributed by atoms with E-state index in [-0.39, 0.29) is 0 Å². The summed E-state index contributed by atoms with van der Waals surface area (Å²) in [7, 11) is 4.28. The molecule has 0 bridgehead atoms. The van der Waals surface area contributed by atoms with Crippen LogP contribution < -0.4 is 4.90 Å². The molecule has 0 unspecified atom stereocenters. The highest BCUT2D eigenvalue weighted by Gasteiger charge is 2.18. The van der Waals surface area contributed by atoms with Crippen molar-refractivity contribution in [3.8, 4) is 0 Å². The van der Waals surface area contributed by atoms with E-state index in [4.69, 9.17) is 0 Å². The van der Waals surface area contributed by atoms with Crippen LogP contribution in [0.15, 0.2) is 24.3 Å². The average molecular weight is 203 g/mol. The predicted octanol–water partition coefficient (Wildman–Crippen LogP) is 3.80. The molecule has 1 aromatic rings. The van der Waals surface area contributed by atoms with Gasteiger partial charge in [0.25, 0.3) is 0 Å². The van der Waals surface area contributed by atoms with E-state index in [1.165, 1.54) is 37.8 Å². The maximum atomic E-state index is 2.31. The molecule has 0 atom stereocenters. The Labute approximate surface area is 93.1 Å². The summed E-state index contributed by atoms with van der Waals surface area (Å²) in [5.41, 5.74) is 2.96. The highest BCUT2D eigenvalue weighted by atomic mass is 15.1. The first-order chi connectivity index (χ1) is 7.29. The van der Waals surface area contributed by atoms with Crippen molar-refractivity contribution in [3.05, 3.63) is 29.8 Å². The van der Waals surface area contributed by atoms with E-state index in [0.29, 0.717) is 0 Å². The zero-order chi connectivity index (χ0) is 10.7. The smallest absolute Gasteiger partial charge is 0.0396 e. The molecule has 1 fully saturated rings.